The number of ether oxygens (including phenoxy) is 1. The standard InChI is InChI=1S/C21H25BrO5/c1-8-9-4-5-11-19-7-27-21(26,20(11)13(9)12(8)16(20)24)17(25)14(19)18(2,3)6-10(22)15(19)23/h9-14,17,25-26H,1,4-7H2,2-3H3/t9-,10?,11-,12?,13-,14+,17-,19-,20?,21-/m0/s1. The topological polar surface area (TPSA) is 83.8 Å². The van der Waals surface area contributed by atoms with E-state index in [4.69, 9.17) is 4.74 Å². The minimum Gasteiger partial charge on any atom is -0.387 e. The van der Waals surface area contributed by atoms with Crippen LogP contribution in [0.4, 0.5) is 0 Å². The van der Waals surface area contributed by atoms with Crippen LogP contribution in [0.2, 0.25) is 0 Å². The number of rotatable bonds is 0. The summed E-state index contributed by atoms with van der Waals surface area (Å²) in [6.45, 7) is 8.31. The summed E-state index contributed by atoms with van der Waals surface area (Å²) < 4.78 is 5.93. The average molecular weight is 437 g/mol. The summed E-state index contributed by atoms with van der Waals surface area (Å²) in [5, 5.41) is 23.1. The molecule has 3 unspecified atom stereocenters. The fourth-order valence-electron chi connectivity index (χ4n) is 8.80. The van der Waals surface area contributed by atoms with Gasteiger partial charge in [-0.05, 0) is 42.4 Å². The van der Waals surface area contributed by atoms with E-state index in [-0.39, 0.29) is 52.1 Å². The Bertz CT molecular complexity index is 836. The molecule has 0 radical (unpaired) electrons. The first-order valence-corrected chi connectivity index (χ1v) is 10.9. The van der Waals surface area contributed by atoms with Gasteiger partial charge in [0.05, 0.1) is 22.3 Å². The number of alkyl halides is 1. The highest BCUT2D eigenvalue weighted by Gasteiger charge is 2.92. The van der Waals surface area contributed by atoms with Gasteiger partial charge in [0.15, 0.2) is 11.6 Å². The molecule has 0 amide bonds. The monoisotopic (exact) mass is 436 g/mol. The van der Waals surface area contributed by atoms with Crippen molar-refractivity contribution < 1.29 is 24.5 Å². The predicted molar refractivity (Wildman–Crippen MR) is 98.7 cm³/mol. The van der Waals surface area contributed by atoms with Crippen molar-refractivity contribution in [1.29, 1.82) is 0 Å². The minimum absolute atomic E-state index is 0.0411. The van der Waals surface area contributed by atoms with Crippen LogP contribution in [0, 0.1) is 45.8 Å². The lowest BCUT2D eigenvalue weighted by Crippen LogP contribution is -2.92. The lowest BCUT2D eigenvalue weighted by Gasteiger charge is -2.82. The third kappa shape index (κ3) is 1.36. The van der Waals surface area contributed by atoms with Crippen molar-refractivity contribution in [2.24, 2.45) is 45.8 Å². The molecule has 2 heterocycles. The third-order valence-electron chi connectivity index (χ3n) is 9.51. The maximum atomic E-state index is 13.6. The first kappa shape index (κ1) is 17.3. The van der Waals surface area contributed by atoms with Crippen LogP contribution in [0.3, 0.4) is 0 Å². The highest BCUT2D eigenvalue weighted by atomic mass is 79.9. The number of carbonyl (C=O) groups excluding carboxylic acids is 2. The molecule has 5 saturated carbocycles. The largest absolute Gasteiger partial charge is 0.387 e. The highest BCUT2D eigenvalue weighted by molar-refractivity contribution is 9.10. The smallest absolute Gasteiger partial charge is 0.205 e. The van der Waals surface area contributed by atoms with Gasteiger partial charge < -0.3 is 14.9 Å². The van der Waals surface area contributed by atoms with Gasteiger partial charge in [-0.1, -0.05) is 41.9 Å². The van der Waals surface area contributed by atoms with Crippen LogP contribution in [0.15, 0.2) is 12.2 Å². The van der Waals surface area contributed by atoms with Crippen molar-refractivity contribution in [2.75, 3.05) is 6.61 Å². The number of hydrogen-bond donors (Lipinski definition) is 2. The van der Waals surface area contributed by atoms with Gasteiger partial charge in [-0.3, -0.25) is 9.59 Å². The van der Waals surface area contributed by atoms with Crippen LogP contribution in [-0.4, -0.2) is 45.1 Å². The number of allylic oxidation sites excluding steroid dienone is 1. The van der Waals surface area contributed by atoms with E-state index in [0.29, 0.717) is 12.8 Å². The molecule has 10 atom stereocenters. The van der Waals surface area contributed by atoms with Crippen molar-refractivity contribution in [1.82, 2.24) is 0 Å². The van der Waals surface area contributed by atoms with Crippen molar-refractivity contribution >= 4 is 27.5 Å². The third-order valence-corrected chi connectivity index (χ3v) is 10.2. The van der Waals surface area contributed by atoms with Gasteiger partial charge in [0, 0.05) is 11.8 Å². The molecule has 7 fully saturated rings. The van der Waals surface area contributed by atoms with Gasteiger partial charge in [-0.15, -0.1) is 0 Å². The molecule has 5 aliphatic carbocycles. The Morgan fingerprint density at radius 1 is 1.22 bits per heavy atom. The zero-order valence-corrected chi connectivity index (χ0v) is 17.2. The van der Waals surface area contributed by atoms with Crippen LogP contribution >= 0.6 is 15.9 Å². The Labute approximate surface area is 166 Å². The first-order chi connectivity index (χ1) is 12.6. The number of hydrogen-bond acceptors (Lipinski definition) is 5. The summed E-state index contributed by atoms with van der Waals surface area (Å²) in [6, 6.07) is 0. The van der Waals surface area contributed by atoms with Crippen LogP contribution in [-0.2, 0) is 14.3 Å². The van der Waals surface area contributed by atoms with E-state index in [9.17, 15) is 19.8 Å². The van der Waals surface area contributed by atoms with Crippen molar-refractivity contribution in [3.05, 3.63) is 12.2 Å². The molecule has 2 N–H and O–H groups in total. The number of carbonyl (C=O) groups is 2. The van der Waals surface area contributed by atoms with E-state index in [2.05, 4.69) is 36.4 Å². The molecule has 146 valence electrons. The molecule has 0 aromatic heterocycles. The number of ketones is 2. The van der Waals surface area contributed by atoms with Crippen molar-refractivity contribution in [3.63, 3.8) is 0 Å². The zero-order valence-electron chi connectivity index (χ0n) is 15.6. The van der Waals surface area contributed by atoms with Gasteiger partial charge in [0.2, 0.25) is 5.79 Å². The van der Waals surface area contributed by atoms with Gasteiger partial charge in [-0.25, -0.2) is 0 Å². The zero-order chi connectivity index (χ0) is 19.3. The maximum absolute atomic E-state index is 13.6. The first-order valence-electron chi connectivity index (χ1n) is 10.0. The second kappa shape index (κ2) is 4.45. The molecule has 0 aromatic rings. The Hall–Kier alpha value is -0.560. The summed E-state index contributed by atoms with van der Waals surface area (Å²) in [6.07, 6.45) is 0.972. The van der Waals surface area contributed by atoms with Gasteiger partial charge in [0.1, 0.15) is 6.10 Å². The Morgan fingerprint density at radius 3 is 2.63 bits per heavy atom. The van der Waals surface area contributed by atoms with Crippen molar-refractivity contribution in [2.45, 2.75) is 49.8 Å². The quantitative estimate of drug-likeness (QED) is 0.447. The van der Waals surface area contributed by atoms with E-state index in [1.807, 2.05) is 0 Å². The van der Waals surface area contributed by atoms with E-state index in [0.717, 1.165) is 12.0 Å². The predicted octanol–water partition coefficient (Wildman–Crippen LogP) is 1.84. The lowest BCUT2D eigenvalue weighted by atomic mass is 9.23. The summed E-state index contributed by atoms with van der Waals surface area (Å²) in [7, 11) is 0. The van der Waals surface area contributed by atoms with E-state index in [1.54, 1.807) is 0 Å². The van der Waals surface area contributed by atoms with Gasteiger partial charge in [0.25, 0.3) is 0 Å². The Balaban J connectivity index is 1.62. The fourth-order valence-corrected chi connectivity index (χ4v) is 10.1. The average Bonchev–Trinajstić information content (AvgIpc) is 2.58. The molecule has 27 heavy (non-hydrogen) atoms. The number of aliphatic hydroxyl groups excluding tert-OH is 1. The molecule has 7 rings (SSSR count). The van der Waals surface area contributed by atoms with E-state index in [1.165, 1.54) is 0 Å². The molecule has 7 aliphatic rings. The normalized spacial score (nSPS) is 62.1. The summed E-state index contributed by atoms with van der Waals surface area (Å²) in [5.41, 5.74) is -1.45. The highest BCUT2D eigenvalue weighted by Crippen LogP contribution is 2.83. The molecular formula is C21H25BrO5. The van der Waals surface area contributed by atoms with Crippen LogP contribution in [0.25, 0.3) is 0 Å². The SMILES string of the molecule is C=C1C2C(=O)C34[C@H]2[C@H]1CC[C@H]3[C@@]12CO[C@@]4(O)[C@@H](O)[C@@H]1C(C)(C)CC(Br)C2=O. The van der Waals surface area contributed by atoms with E-state index < -0.39 is 28.6 Å². The molecule has 5 nitrogen and oxygen atoms in total. The van der Waals surface area contributed by atoms with Gasteiger partial charge >= 0.3 is 0 Å². The second-order valence-electron chi connectivity index (χ2n) is 10.5. The molecule has 2 aliphatic heterocycles. The molecule has 2 bridgehead atoms. The van der Waals surface area contributed by atoms with Crippen LogP contribution in [0.1, 0.15) is 33.1 Å². The van der Waals surface area contributed by atoms with Crippen LogP contribution < -0.4 is 0 Å². The van der Waals surface area contributed by atoms with Gasteiger partial charge in [-0.2, -0.15) is 0 Å². The molecule has 6 heteroatoms. The summed E-state index contributed by atoms with van der Waals surface area (Å²) >= 11 is 3.58. The molecule has 2 spiro atoms. The Morgan fingerprint density at radius 2 is 1.93 bits per heavy atom. The van der Waals surface area contributed by atoms with E-state index >= 15 is 0 Å². The number of aliphatic hydroxyl groups is 2. The number of Topliss-reactive ketones (excluding diaryl/α,β-unsaturated/α-hetero) is 2. The minimum atomic E-state index is -1.89. The summed E-state index contributed by atoms with van der Waals surface area (Å²) in [5.74, 6) is -2.64. The van der Waals surface area contributed by atoms with Crippen molar-refractivity contribution in [3.8, 4) is 0 Å². The molecule has 2 saturated heterocycles. The maximum Gasteiger partial charge on any atom is 0.205 e. The number of fused-ring (bicyclic) bond motifs is 1. The fraction of sp³-hybridized carbons (Fsp3) is 0.810. The second-order valence-corrected chi connectivity index (χ2v) is 11.6. The van der Waals surface area contributed by atoms with Crippen LogP contribution in [0.5, 0.6) is 0 Å². The number of halogens is 1. The Kier molecular flexibility index (Phi) is 2.85. The molecule has 0 aromatic carbocycles. The lowest BCUT2D eigenvalue weighted by molar-refractivity contribution is -0.455. The summed E-state index contributed by atoms with van der Waals surface area (Å²) in [4.78, 5) is 26.7. The molecular weight excluding hydrogens is 412 g/mol.